The lowest BCUT2D eigenvalue weighted by Crippen LogP contribution is -2.17. The fraction of sp³-hybridized carbons (Fsp3) is 0.105. The minimum absolute atomic E-state index is 0.141. The largest absolute Gasteiger partial charge is 0.464 e. The molecule has 0 saturated carbocycles. The normalized spacial score (nSPS) is 12.0. The van der Waals surface area contributed by atoms with Crippen LogP contribution < -0.4 is 5.56 Å². The van der Waals surface area contributed by atoms with Crippen molar-refractivity contribution >= 4 is 33.2 Å². The zero-order valence-corrected chi connectivity index (χ0v) is 15.8. The highest BCUT2D eigenvalue weighted by atomic mass is 32.1. The van der Waals surface area contributed by atoms with E-state index in [0.29, 0.717) is 21.5 Å². The van der Waals surface area contributed by atoms with Gasteiger partial charge in [-0.05, 0) is 25.1 Å². The summed E-state index contributed by atoms with van der Waals surface area (Å²) in [5, 5.41) is 13.2. The number of carbonyl (C=O) groups excluding carboxylic acids is 1. The van der Waals surface area contributed by atoms with E-state index in [2.05, 4.69) is 9.97 Å². The van der Waals surface area contributed by atoms with Gasteiger partial charge in [0.25, 0.3) is 11.2 Å². The molecule has 1 aromatic carbocycles. The lowest BCUT2D eigenvalue weighted by Gasteiger charge is -2.12. The molecule has 1 N–H and O–H groups in total. The number of carbonyl (C=O) groups is 1. The molecule has 29 heavy (non-hydrogen) atoms. The highest BCUT2D eigenvalue weighted by molar-refractivity contribution is 7.17. The van der Waals surface area contributed by atoms with Crippen LogP contribution in [-0.2, 0) is 4.74 Å². The Balaban J connectivity index is 1.65. The van der Waals surface area contributed by atoms with Gasteiger partial charge in [-0.1, -0.05) is 12.1 Å². The van der Waals surface area contributed by atoms with Gasteiger partial charge in [-0.25, -0.2) is 9.78 Å². The highest BCUT2D eigenvalue weighted by Crippen LogP contribution is 2.31. The first-order valence-electron chi connectivity index (χ1n) is 8.45. The average molecular weight is 411 g/mol. The van der Waals surface area contributed by atoms with Gasteiger partial charge < -0.3 is 14.1 Å². The van der Waals surface area contributed by atoms with Gasteiger partial charge in [0, 0.05) is 17.0 Å². The Labute approximate surface area is 166 Å². The molecular weight excluding hydrogens is 398 g/mol. The number of H-pyrrole nitrogens is 1. The molecule has 0 aliphatic heterocycles. The predicted molar refractivity (Wildman–Crippen MR) is 105 cm³/mol. The van der Waals surface area contributed by atoms with Crippen LogP contribution in [-0.4, -0.2) is 20.9 Å². The fourth-order valence-corrected chi connectivity index (χ4v) is 3.79. The second-order valence-corrected chi connectivity index (χ2v) is 6.94. The molecule has 0 saturated heterocycles. The van der Waals surface area contributed by atoms with E-state index in [1.54, 1.807) is 17.5 Å². The molecule has 1 unspecified atom stereocenters. The summed E-state index contributed by atoms with van der Waals surface area (Å²) in [7, 11) is 0. The molecule has 146 valence electrons. The molecule has 10 heteroatoms. The number of nitro groups is 1. The van der Waals surface area contributed by atoms with Crippen LogP contribution in [0.25, 0.3) is 21.5 Å². The molecule has 0 fully saturated rings. The number of nitrogens with one attached hydrogen (secondary N) is 1. The monoisotopic (exact) mass is 411 g/mol. The molecule has 1 atom stereocenters. The van der Waals surface area contributed by atoms with Crippen molar-refractivity contribution < 1.29 is 18.9 Å². The zero-order chi connectivity index (χ0) is 20.5. The summed E-state index contributed by atoms with van der Waals surface area (Å²) < 4.78 is 10.7. The number of benzene rings is 1. The highest BCUT2D eigenvalue weighted by Gasteiger charge is 2.24. The minimum Gasteiger partial charge on any atom is -0.464 e. The van der Waals surface area contributed by atoms with Crippen LogP contribution in [0.5, 0.6) is 0 Å². The molecule has 4 aromatic rings. The molecule has 9 nitrogen and oxygen atoms in total. The third-order valence-electron chi connectivity index (χ3n) is 4.24. The first-order valence-corrected chi connectivity index (χ1v) is 9.33. The van der Waals surface area contributed by atoms with Gasteiger partial charge in [0.05, 0.1) is 16.6 Å². The molecule has 0 amide bonds. The third kappa shape index (κ3) is 3.41. The van der Waals surface area contributed by atoms with Crippen LogP contribution in [0.2, 0.25) is 0 Å². The van der Waals surface area contributed by atoms with Crippen molar-refractivity contribution in [1.82, 2.24) is 9.97 Å². The Hall–Kier alpha value is -3.79. The molecular formula is C19H13N3O6S. The van der Waals surface area contributed by atoms with E-state index in [9.17, 15) is 19.7 Å². The summed E-state index contributed by atoms with van der Waals surface area (Å²) in [6.07, 6.45) is 0.590. The van der Waals surface area contributed by atoms with Gasteiger partial charge >= 0.3 is 5.97 Å². The number of hydrogen-bond acceptors (Lipinski definition) is 8. The Morgan fingerprint density at radius 2 is 2.10 bits per heavy atom. The Kier molecular flexibility index (Phi) is 4.69. The number of nitrogens with zero attached hydrogens (tertiary/aromatic N) is 2. The number of fused-ring (bicyclic) bond motifs is 1. The number of para-hydroxylation sites is 1. The summed E-state index contributed by atoms with van der Waals surface area (Å²) in [6.45, 7) is 1.53. The molecule has 4 rings (SSSR count). The number of furan rings is 1. The van der Waals surface area contributed by atoms with Crippen molar-refractivity contribution in [2.45, 2.75) is 13.0 Å². The van der Waals surface area contributed by atoms with E-state index in [1.165, 1.54) is 48.8 Å². The summed E-state index contributed by atoms with van der Waals surface area (Å²) in [4.78, 5) is 42.9. The van der Waals surface area contributed by atoms with Crippen LogP contribution >= 0.6 is 11.3 Å². The number of aromatic amines is 1. The van der Waals surface area contributed by atoms with E-state index >= 15 is 0 Å². The molecule has 0 bridgehead atoms. The predicted octanol–water partition coefficient (Wildman–Crippen LogP) is 4.07. The van der Waals surface area contributed by atoms with Crippen molar-refractivity contribution in [3.63, 3.8) is 0 Å². The zero-order valence-electron chi connectivity index (χ0n) is 14.9. The van der Waals surface area contributed by atoms with Gasteiger partial charge in [0.1, 0.15) is 16.2 Å². The number of esters is 1. The van der Waals surface area contributed by atoms with Crippen LogP contribution in [0.15, 0.2) is 57.3 Å². The lowest BCUT2D eigenvalue weighted by atomic mass is 10.2. The maximum absolute atomic E-state index is 12.6. The quantitative estimate of drug-likeness (QED) is 0.298. The smallest absolute Gasteiger partial charge is 0.345 e. The van der Waals surface area contributed by atoms with Gasteiger partial charge in [-0.15, -0.1) is 11.3 Å². The SMILES string of the molecule is CC(OC(=O)c1ccccc1[N+](=O)[O-])c1nc2scc(-c3ccco3)c2c(=O)[nH]1. The maximum atomic E-state index is 12.6. The summed E-state index contributed by atoms with van der Waals surface area (Å²) in [5.41, 5.74) is -0.307. The maximum Gasteiger partial charge on any atom is 0.345 e. The average Bonchev–Trinajstić information content (AvgIpc) is 3.37. The number of nitro benzene ring substituents is 1. The second-order valence-electron chi connectivity index (χ2n) is 6.08. The van der Waals surface area contributed by atoms with Gasteiger partial charge in [0.2, 0.25) is 0 Å². The minimum atomic E-state index is -0.923. The van der Waals surface area contributed by atoms with Crippen LogP contribution in [0.3, 0.4) is 0 Å². The molecule has 0 aliphatic carbocycles. The fourth-order valence-electron chi connectivity index (χ4n) is 2.86. The van der Waals surface area contributed by atoms with E-state index in [-0.39, 0.29) is 17.1 Å². The number of aromatic nitrogens is 2. The topological polar surface area (TPSA) is 128 Å². The van der Waals surface area contributed by atoms with Crippen LogP contribution in [0, 0.1) is 10.1 Å². The Bertz CT molecular complexity index is 1270. The van der Waals surface area contributed by atoms with Crippen molar-refractivity contribution in [2.24, 2.45) is 0 Å². The number of ether oxygens (including phenoxy) is 1. The first kappa shape index (κ1) is 18.6. The van der Waals surface area contributed by atoms with Crippen molar-refractivity contribution in [2.75, 3.05) is 0 Å². The second kappa shape index (κ2) is 7.32. The summed E-state index contributed by atoms with van der Waals surface area (Å²) in [6, 6.07) is 8.95. The van der Waals surface area contributed by atoms with E-state index in [0.717, 1.165) is 0 Å². The van der Waals surface area contributed by atoms with E-state index < -0.39 is 22.6 Å². The van der Waals surface area contributed by atoms with Gasteiger partial charge in [-0.3, -0.25) is 14.9 Å². The number of hydrogen-bond donors (Lipinski definition) is 1. The van der Waals surface area contributed by atoms with Crippen LogP contribution in [0.1, 0.15) is 29.2 Å². The molecule has 3 aromatic heterocycles. The van der Waals surface area contributed by atoms with Crippen molar-refractivity contribution in [1.29, 1.82) is 0 Å². The number of rotatable bonds is 5. The van der Waals surface area contributed by atoms with E-state index in [4.69, 9.17) is 9.15 Å². The third-order valence-corrected chi connectivity index (χ3v) is 5.11. The molecule has 0 spiro atoms. The Morgan fingerprint density at radius 3 is 2.83 bits per heavy atom. The molecule has 0 radical (unpaired) electrons. The van der Waals surface area contributed by atoms with Gasteiger partial charge in [-0.2, -0.15) is 0 Å². The lowest BCUT2D eigenvalue weighted by molar-refractivity contribution is -0.385. The summed E-state index contributed by atoms with van der Waals surface area (Å²) >= 11 is 1.26. The van der Waals surface area contributed by atoms with Gasteiger partial charge in [0.15, 0.2) is 11.9 Å². The molecule has 3 heterocycles. The Morgan fingerprint density at radius 1 is 1.31 bits per heavy atom. The standard InChI is InChI=1S/C19H13N3O6S/c1-10(28-19(24)11-5-2-3-6-13(11)22(25)26)16-20-17(23)15-12(9-29-18(15)21-16)14-7-4-8-27-14/h2-10H,1H3,(H,20,21,23). The first-order chi connectivity index (χ1) is 14.0. The molecule has 0 aliphatic rings. The van der Waals surface area contributed by atoms with Crippen molar-refractivity contribution in [3.8, 4) is 11.3 Å². The number of thiophene rings is 1. The van der Waals surface area contributed by atoms with Crippen molar-refractivity contribution in [3.05, 3.63) is 79.9 Å². The van der Waals surface area contributed by atoms with E-state index in [1.807, 2.05) is 0 Å². The van der Waals surface area contributed by atoms with Crippen LogP contribution in [0.4, 0.5) is 5.69 Å². The summed E-state index contributed by atoms with van der Waals surface area (Å²) in [5.74, 6) is -0.190.